The minimum atomic E-state index is -3.77. The molecular weight excluding hydrogens is 372 g/mol. The highest BCUT2D eigenvalue weighted by molar-refractivity contribution is 7.89. The topological polar surface area (TPSA) is 94.2 Å². The molecule has 2 rings (SSSR count). The Morgan fingerprint density at radius 3 is 2.63 bits per heavy atom. The maximum Gasteiger partial charge on any atom is 0.251 e. The summed E-state index contributed by atoms with van der Waals surface area (Å²) in [6.45, 7) is 6.15. The van der Waals surface area contributed by atoms with Crippen molar-refractivity contribution in [3.8, 4) is 5.75 Å². The van der Waals surface area contributed by atoms with E-state index in [1.165, 1.54) is 23.5 Å². The van der Waals surface area contributed by atoms with Crippen LogP contribution in [-0.4, -0.2) is 71.3 Å². The van der Waals surface area contributed by atoms with Gasteiger partial charge in [0.15, 0.2) is 0 Å². The Hall–Kier alpha value is -1.68. The molecule has 0 radical (unpaired) electrons. The summed E-state index contributed by atoms with van der Waals surface area (Å²) >= 11 is 0. The molecule has 152 valence electrons. The van der Waals surface area contributed by atoms with Crippen molar-refractivity contribution in [1.29, 1.82) is 0 Å². The number of morpholine rings is 1. The number of amides is 1. The van der Waals surface area contributed by atoms with Gasteiger partial charge >= 0.3 is 0 Å². The molecule has 1 heterocycles. The van der Waals surface area contributed by atoms with Crippen LogP contribution in [0.25, 0.3) is 0 Å². The van der Waals surface area contributed by atoms with Crippen LogP contribution in [0.15, 0.2) is 23.1 Å². The molecule has 1 aliphatic rings. The molecule has 9 heteroatoms. The molecule has 0 bridgehead atoms. The summed E-state index contributed by atoms with van der Waals surface area (Å²) in [6.07, 6.45) is 0.828. The number of sulfonamides is 1. The van der Waals surface area contributed by atoms with Crippen molar-refractivity contribution in [3.63, 3.8) is 0 Å². The molecule has 0 spiro atoms. The molecule has 1 fully saturated rings. The van der Waals surface area contributed by atoms with E-state index in [4.69, 9.17) is 14.2 Å². The lowest BCUT2D eigenvalue weighted by atomic mass is 10.2. The van der Waals surface area contributed by atoms with Gasteiger partial charge < -0.3 is 19.5 Å². The smallest absolute Gasteiger partial charge is 0.251 e. The van der Waals surface area contributed by atoms with E-state index in [0.717, 1.165) is 0 Å². The van der Waals surface area contributed by atoms with E-state index in [1.54, 1.807) is 6.07 Å². The Bertz CT molecular complexity index is 729. The van der Waals surface area contributed by atoms with Crippen molar-refractivity contribution in [2.24, 2.45) is 0 Å². The van der Waals surface area contributed by atoms with E-state index in [9.17, 15) is 13.2 Å². The van der Waals surface area contributed by atoms with E-state index in [0.29, 0.717) is 32.8 Å². The monoisotopic (exact) mass is 400 g/mol. The first kappa shape index (κ1) is 21.6. The average Bonchev–Trinajstić information content (AvgIpc) is 2.67. The van der Waals surface area contributed by atoms with Crippen LogP contribution < -0.4 is 10.1 Å². The number of nitrogens with one attached hydrogen (secondary N) is 1. The van der Waals surface area contributed by atoms with Crippen molar-refractivity contribution in [3.05, 3.63) is 23.8 Å². The normalized spacial score (nSPS) is 15.7. The predicted molar refractivity (Wildman–Crippen MR) is 101 cm³/mol. The van der Waals surface area contributed by atoms with E-state index < -0.39 is 10.0 Å². The van der Waals surface area contributed by atoms with Gasteiger partial charge in [-0.05, 0) is 38.5 Å². The Morgan fingerprint density at radius 2 is 2.00 bits per heavy atom. The third-order valence-corrected chi connectivity index (χ3v) is 5.99. The van der Waals surface area contributed by atoms with Crippen LogP contribution >= 0.6 is 0 Å². The van der Waals surface area contributed by atoms with Gasteiger partial charge in [-0.1, -0.05) is 0 Å². The standard InChI is InChI=1S/C18H28N2O6S/c1-14(2)26-10-4-7-19-18(21)15-5-6-16(24-3)17(13-15)27(22,23)20-8-11-25-12-9-20/h5-6,13-14H,4,7-12H2,1-3H3,(H,19,21). The molecular formula is C18H28N2O6S. The first-order valence-electron chi connectivity index (χ1n) is 9.02. The Balaban J connectivity index is 2.11. The number of methoxy groups -OCH3 is 1. The molecule has 1 N–H and O–H groups in total. The third-order valence-electron chi connectivity index (χ3n) is 4.07. The molecule has 0 aromatic heterocycles. The Labute approximate surface area is 160 Å². The molecule has 1 aliphatic heterocycles. The number of carbonyl (C=O) groups excluding carboxylic acids is 1. The van der Waals surface area contributed by atoms with Crippen molar-refractivity contribution < 1.29 is 27.4 Å². The number of nitrogens with zero attached hydrogens (tertiary/aromatic N) is 1. The van der Waals surface area contributed by atoms with Gasteiger partial charge in [-0.25, -0.2) is 8.42 Å². The molecule has 1 saturated heterocycles. The Morgan fingerprint density at radius 1 is 1.30 bits per heavy atom. The van der Waals surface area contributed by atoms with Gasteiger partial charge in [-0.2, -0.15) is 4.31 Å². The minimum Gasteiger partial charge on any atom is -0.495 e. The van der Waals surface area contributed by atoms with Gasteiger partial charge in [0.25, 0.3) is 5.91 Å². The number of benzene rings is 1. The summed E-state index contributed by atoms with van der Waals surface area (Å²) < 4.78 is 43.1. The van der Waals surface area contributed by atoms with E-state index in [-0.39, 0.29) is 41.3 Å². The molecule has 1 aromatic carbocycles. The molecule has 8 nitrogen and oxygen atoms in total. The van der Waals surface area contributed by atoms with Crippen molar-refractivity contribution >= 4 is 15.9 Å². The molecule has 0 unspecified atom stereocenters. The summed E-state index contributed by atoms with van der Waals surface area (Å²) in [5.74, 6) is -0.121. The molecule has 0 atom stereocenters. The van der Waals surface area contributed by atoms with Gasteiger partial charge in [0, 0.05) is 31.8 Å². The minimum absolute atomic E-state index is 0.0114. The zero-order valence-corrected chi connectivity index (χ0v) is 16.9. The average molecular weight is 400 g/mol. The van der Waals surface area contributed by atoms with Crippen LogP contribution in [0, 0.1) is 0 Å². The van der Waals surface area contributed by atoms with Gasteiger partial charge in [0.1, 0.15) is 10.6 Å². The van der Waals surface area contributed by atoms with Crippen molar-refractivity contribution in [1.82, 2.24) is 9.62 Å². The van der Waals surface area contributed by atoms with Crippen LogP contribution in [0.4, 0.5) is 0 Å². The second-order valence-electron chi connectivity index (χ2n) is 6.41. The highest BCUT2D eigenvalue weighted by Gasteiger charge is 2.30. The van der Waals surface area contributed by atoms with Gasteiger partial charge in [0.2, 0.25) is 10.0 Å². The van der Waals surface area contributed by atoms with Gasteiger partial charge in [-0.15, -0.1) is 0 Å². The van der Waals surface area contributed by atoms with Crippen molar-refractivity contribution in [2.75, 3.05) is 46.6 Å². The SMILES string of the molecule is COc1ccc(C(=O)NCCCOC(C)C)cc1S(=O)(=O)N1CCOCC1. The fraction of sp³-hybridized carbons (Fsp3) is 0.611. The third kappa shape index (κ3) is 5.90. The van der Waals surface area contributed by atoms with Crippen LogP contribution in [0.1, 0.15) is 30.6 Å². The summed E-state index contributed by atoms with van der Waals surface area (Å²) in [7, 11) is -2.37. The van der Waals surface area contributed by atoms with Crippen LogP contribution in [0.5, 0.6) is 5.75 Å². The molecule has 1 amide bonds. The Kier molecular flexibility index (Phi) is 8.03. The first-order chi connectivity index (χ1) is 12.9. The van der Waals surface area contributed by atoms with Gasteiger partial charge in [0.05, 0.1) is 26.4 Å². The lowest BCUT2D eigenvalue weighted by molar-refractivity contribution is 0.0729. The number of ether oxygens (including phenoxy) is 3. The largest absolute Gasteiger partial charge is 0.495 e. The lowest BCUT2D eigenvalue weighted by Crippen LogP contribution is -2.40. The zero-order chi connectivity index (χ0) is 19.9. The van der Waals surface area contributed by atoms with Gasteiger partial charge in [-0.3, -0.25) is 4.79 Å². The second kappa shape index (κ2) is 10.0. The quantitative estimate of drug-likeness (QED) is 0.627. The fourth-order valence-corrected chi connectivity index (χ4v) is 4.23. The maximum absolute atomic E-state index is 12.9. The maximum atomic E-state index is 12.9. The highest BCUT2D eigenvalue weighted by atomic mass is 32.2. The van der Waals surface area contributed by atoms with Crippen LogP contribution in [0.3, 0.4) is 0 Å². The summed E-state index contributed by atoms with van der Waals surface area (Å²) in [5, 5.41) is 2.78. The first-order valence-corrected chi connectivity index (χ1v) is 10.5. The molecule has 1 aromatic rings. The number of rotatable bonds is 9. The predicted octanol–water partition coefficient (Wildman–Crippen LogP) is 1.26. The number of hydrogen-bond donors (Lipinski definition) is 1. The number of carbonyl (C=O) groups is 1. The molecule has 27 heavy (non-hydrogen) atoms. The summed E-state index contributed by atoms with van der Waals surface area (Å²) in [6, 6.07) is 4.42. The molecule has 0 saturated carbocycles. The number of hydrogen-bond acceptors (Lipinski definition) is 6. The fourth-order valence-electron chi connectivity index (χ4n) is 2.64. The van der Waals surface area contributed by atoms with Crippen LogP contribution in [0.2, 0.25) is 0 Å². The second-order valence-corrected chi connectivity index (χ2v) is 8.32. The van der Waals surface area contributed by atoms with E-state index in [2.05, 4.69) is 5.32 Å². The van der Waals surface area contributed by atoms with E-state index in [1.807, 2.05) is 13.8 Å². The summed E-state index contributed by atoms with van der Waals surface area (Å²) in [5.41, 5.74) is 0.271. The van der Waals surface area contributed by atoms with Crippen LogP contribution in [-0.2, 0) is 19.5 Å². The highest BCUT2D eigenvalue weighted by Crippen LogP contribution is 2.28. The summed E-state index contributed by atoms with van der Waals surface area (Å²) in [4.78, 5) is 12.4. The van der Waals surface area contributed by atoms with Crippen molar-refractivity contribution in [2.45, 2.75) is 31.3 Å². The zero-order valence-electron chi connectivity index (χ0n) is 16.1. The molecule has 0 aliphatic carbocycles. The lowest BCUT2D eigenvalue weighted by Gasteiger charge is -2.26. The van der Waals surface area contributed by atoms with E-state index >= 15 is 0 Å².